The number of hydrogen-bond donors (Lipinski definition) is 2. The molecular weight excluding hydrogens is 396 g/mol. The molecule has 2 rings (SSSR count). The van der Waals surface area contributed by atoms with Crippen LogP contribution in [0.25, 0.3) is 0 Å². The Balaban J connectivity index is 2.18. The third-order valence-corrected chi connectivity index (χ3v) is 6.56. The molecule has 0 bridgehead atoms. The molecular formula is C16H21ClN4O3S2. The third kappa shape index (κ3) is 4.73. The lowest BCUT2D eigenvalue weighted by atomic mass is 10.2. The van der Waals surface area contributed by atoms with Gasteiger partial charge in [0.25, 0.3) is 10.0 Å². The van der Waals surface area contributed by atoms with E-state index in [1.165, 1.54) is 6.07 Å². The van der Waals surface area contributed by atoms with Gasteiger partial charge in [-0.25, -0.2) is 13.4 Å². The molecule has 3 N–H and O–H groups in total. The molecule has 1 aromatic carbocycles. The van der Waals surface area contributed by atoms with Gasteiger partial charge in [0, 0.05) is 35.6 Å². The molecule has 10 heteroatoms. The van der Waals surface area contributed by atoms with Gasteiger partial charge in [-0.1, -0.05) is 17.7 Å². The van der Waals surface area contributed by atoms with Crippen molar-refractivity contribution in [3.8, 4) is 0 Å². The van der Waals surface area contributed by atoms with Gasteiger partial charge in [-0.3, -0.25) is 9.52 Å². The lowest BCUT2D eigenvalue weighted by Crippen LogP contribution is -2.34. The van der Waals surface area contributed by atoms with E-state index in [4.69, 9.17) is 17.3 Å². The number of aromatic nitrogens is 1. The normalized spacial score (nSPS) is 11.6. The number of nitrogens with one attached hydrogen (secondary N) is 1. The minimum atomic E-state index is -3.89. The summed E-state index contributed by atoms with van der Waals surface area (Å²) in [7, 11) is -2.17. The number of amides is 1. The van der Waals surface area contributed by atoms with Gasteiger partial charge in [0.1, 0.15) is 0 Å². The number of rotatable bonds is 7. The molecule has 0 saturated heterocycles. The number of hydrogen-bond acceptors (Lipinski definition) is 6. The van der Waals surface area contributed by atoms with E-state index >= 15 is 0 Å². The van der Waals surface area contributed by atoms with E-state index in [0.717, 1.165) is 11.3 Å². The zero-order valence-electron chi connectivity index (χ0n) is 14.7. The van der Waals surface area contributed by atoms with Gasteiger partial charge < -0.3 is 10.6 Å². The maximum atomic E-state index is 12.6. The molecule has 2 aromatic rings. The lowest BCUT2D eigenvalue weighted by Gasteiger charge is -2.20. The fourth-order valence-corrected chi connectivity index (χ4v) is 4.71. The van der Waals surface area contributed by atoms with Crippen LogP contribution < -0.4 is 10.5 Å². The van der Waals surface area contributed by atoms with E-state index < -0.39 is 10.0 Å². The molecule has 0 spiro atoms. The molecule has 1 aromatic heterocycles. The van der Waals surface area contributed by atoms with Crippen molar-refractivity contribution in [2.75, 3.05) is 11.8 Å². The summed E-state index contributed by atoms with van der Waals surface area (Å²) >= 11 is 7.14. The van der Waals surface area contributed by atoms with Gasteiger partial charge in [-0.2, -0.15) is 0 Å². The Morgan fingerprint density at radius 3 is 2.73 bits per heavy atom. The number of likely N-dealkylation sites (N-methyl/N-ethyl adjacent to an activating group) is 1. The number of thiazole rings is 1. The molecule has 0 radical (unpaired) electrons. The lowest BCUT2D eigenvalue weighted by molar-refractivity contribution is -0.130. The maximum absolute atomic E-state index is 12.6. The fourth-order valence-electron chi connectivity index (χ4n) is 2.16. The number of sulfonamides is 1. The standard InChI is InChI=1S/C16H21ClN4O3S2/c1-10(2)21(3)15(22)7-11-9-25-16(19-11)20-26(23,24)14-6-4-5-13(17)12(14)8-18/h4-6,9-10H,7-8,18H2,1-3H3,(H,19,20). The van der Waals surface area contributed by atoms with Crippen molar-refractivity contribution >= 4 is 44.0 Å². The van der Waals surface area contributed by atoms with Crippen LogP contribution >= 0.6 is 22.9 Å². The van der Waals surface area contributed by atoms with E-state index in [-0.39, 0.29) is 40.0 Å². The van der Waals surface area contributed by atoms with Crippen LogP contribution in [0.15, 0.2) is 28.5 Å². The molecule has 0 aliphatic heterocycles. The van der Waals surface area contributed by atoms with Crippen LogP contribution in [0.1, 0.15) is 25.1 Å². The molecule has 1 heterocycles. The number of halogens is 1. The van der Waals surface area contributed by atoms with Gasteiger partial charge >= 0.3 is 0 Å². The molecule has 0 saturated carbocycles. The van der Waals surface area contributed by atoms with Crippen molar-refractivity contribution in [1.82, 2.24) is 9.88 Å². The van der Waals surface area contributed by atoms with E-state index in [1.54, 1.807) is 29.5 Å². The summed E-state index contributed by atoms with van der Waals surface area (Å²) in [5.41, 5.74) is 6.47. The SMILES string of the molecule is CC(C)N(C)C(=O)Cc1csc(NS(=O)(=O)c2cccc(Cl)c2CN)n1. The predicted molar refractivity (Wildman–Crippen MR) is 104 cm³/mol. The smallest absolute Gasteiger partial charge is 0.264 e. The minimum Gasteiger partial charge on any atom is -0.343 e. The number of benzene rings is 1. The van der Waals surface area contributed by atoms with Gasteiger partial charge in [0.15, 0.2) is 5.13 Å². The van der Waals surface area contributed by atoms with Crippen molar-refractivity contribution in [2.24, 2.45) is 5.73 Å². The second kappa shape index (κ2) is 8.34. The predicted octanol–water partition coefficient (Wildman–Crippen LogP) is 2.47. The van der Waals surface area contributed by atoms with Crippen molar-refractivity contribution in [3.63, 3.8) is 0 Å². The quantitative estimate of drug-likeness (QED) is 0.721. The summed E-state index contributed by atoms with van der Waals surface area (Å²) in [5.74, 6) is -0.0834. The number of anilines is 1. The van der Waals surface area contributed by atoms with E-state index in [2.05, 4.69) is 9.71 Å². The Hall–Kier alpha value is -1.68. The summed E-state index contributed by atoms with van der Waals surface area (Å²) in [4.78, 5) is 17.9. The zero-order chi connectivity index (χ0) is 19.5. The zero-order valence-corrected chi connectivity index (χ0v) is 17.1. The van der Waals surface area contributed by atoms with Crippen molar-refractivity contribution in [1.29, 1.82) is 0 Å². The second-order valence-electron chi connectivity index (χ2n) is 5.95. The van der Waals surface area contributed by atoms with Crippen LogP contribution in [0.2, 0.25) is 5.02 Å². The summed E-state index contributed by atoms with van der Waals surface area (Å²) in [6.07, 6.45) is 0.109. The fraction of sp³-hybridized carbons (Fsp3) is 0.375. The molecule has 26 heavy (non-hydrogen) atoms. The highest BCUT2D eigenvalue weighted by Crippen LogP contribution is 2.26. The Morgan fingerprint density at radius 2 is 2.12 bits per heavy atom. The van der Waals surface area contributed by atoms with Crippen LogP contribution in [0.3, 0.4) is 0 Å². The molecule has 7 nitrogen and oxygen atoms in total. The van der Waals surface area contributed by atoms with Gasteiger partial charge in [-0.15, -0.1) is 11.3 Å². The van der Waals surface area contributed by atoms with Crippen LogP contribution in [0.5, 0.6) is 0 Å². The third-order valence-electron chi connectivity index (χ3n) is 3.84. The highest BCUT2D eigenvalue weighted by Gasteiger charge is 2.22. The molecule has 0 atom stereocenters. The van der Waals surface area contributed by atoms with Crippen LogP contribution in [-0.2, 0) is 27.8 Å². The first kappa shape index (κ1) is 20.6. The number of carbonyl (C=O) groups is 1. The highest BCUT2D eigenvalue weighted by molar-refractivity contribution is 7.93. The number of carbonyl (C=O) groups excluding carboxylic acids is 1. The Kier molecular flexibility index (Phi) is 6.62. The summed E-state index contributed by atoms with van der Waals surface area (Å²) in [5, 5.41) is 2.13. The topological polar surface area (TPSA) is 105 Å². The van der Waals surface area contributed by atoms with Crippen molar-refractivity contribution in [2.45, 2.75) is 37.8 Å². The van der Waals surface area contributed by atoms with E-state index in [9.17, 15) is 13.2 Å². The van der Waals surface area contributed by atoms with Crippen LogP contribution in [0.4, 0.5) is 5.13 Å². The summed E-state index contributed by atoms with van der Waals surface area (Å²) in [6, 6.07) is 4.65. The first-order chi connectivity index (χ1) is 12.2. The first-order valence-electron chi connectivity index (χ1n) is 7.86. The van der Waals surface area contributed by atoms with Crippen molar-refractivity contribution < 1.29 is 13.2 Å². The van der Waals surface area contributed by atoms with E-state index in [0.29, 0.717) is 11.3 Å². The average Bonchev–Trinajstić information content (AvgIpc) is 2.99. The largest absolute Gasteiger partial charge is 0.343 e. The number of nitrogens with zero attached hydrogens (tertiary/aromatic N) is 2. The van der Waals surface area contributed by atoms with Crippen LogP contribution in [-0.4, -0.2) is 37.3 Å². The van der Waals surface area contributed by atoms with Gasteiger partial charge in [0.2, 0.25) is 5.91 Å². The number of nitrogens with two attached hydrogens (primary N) is 1. The Bertz CT molecular complexity index is 897. The molecule has 142 valence electrons. The van der Waals surface area contributed by atoms with Gasteiger partial charge in [0.05, 0.1) is 17.0 Å². The molecule has 1 amide bonds. The minimum absolute atomic E-state index is 0.00489. The molecule has 0 aliphatic rings. The Labute approximate surface area is 162 Å². The first-order valence-corrected chi connectivity index (χ1v) is 10.6. The van der Waals surface area contributed by atoms with E-state index in [1.807, 2.05) is 13.8 Å². The summed E-state index contributed by atoms with van der Waals surface area (Å²) in [6.45, 7) is 3.83. The monoisotopic (exact) mass is 416 g/mol. The van der Waals surface area contributed by atoms with Gasteiger partial charge in [-0.05, 0) is 26.0 Å². The average molecular weight is 417 g/mol. The highest BCUT2D eigenvalue weighted by atomic mass is 35.5. The molecule has 0 unspecified atom stereocenters. The second-order valence-corrected chi connectivity index (χ2v) is 8.86. The van der Waals surface area contributed by atoms with Crippen LogP contribution in [0, 0.1) is 0 Å². The molecule has 0 fully saturated rings. The summed E-state index contributed by atoms with van der Waals surface area (Å²) < 4.78 is 27.7. The van der Waals surface area contributed by atoms with Crippen molar-refractivity contribution in [3.05, 3.63) is 39.9 Å². The Morgan fingerprint density at radius 1 is 1.42 bits per heavy atom. The molecule has 0 aliphatic carbocycles. The maximum Gasteiger partial charge on any atom is 0.264 e.